The summed E-state index contributed by atoms with van der Waals surface area (Å²) in [4.78, 5) is 12.7. The number of nitrogens with one attached hydrogen (secondary N) is 1. The predicted molar refractivity (Wildman–Crippen MR) is 142 cm³/mol. The molecule has 36 heavy (non-hydrogen) atoms. The van der Waals surface area contributed by atoms with E-state index >= 15 is 0 Å². The van der Waals surface area contributed by atoms with Gasteiger partial charge in [-0.05, 0) is 53.1 Å². The van der Waals surface area contributed by atoms with Crippen LogP contribution in [0.1, 0.15) is 28.6 Å². The summed E-state index contributed by atoms with van der Waals surface area (Å²) >= 11 is 6.50. The van der Waals surface area contributed by atoms with Crippen LogP contribution in [-0.2, 0) is 6.61 Å². The van der Waals surface area contributed by atoms with Gasteiger partial charge in [0.25, 0.3) is 0 Å². The topological polar surface area (TPSA) is 73.1 Å². The van der Waals surface area contributed by atoms with Gasteiger partial charge in [-0.25, -0.2) is 5.43 Å². The highest BCUT2D eigenvalue weighted by atomic mass is 35.5. The van der Waals surface area contributed by atoms with Crippen LogP contribution in [0.25, 0.3) is 21.7 Å². The molecule has 7 heteroatoms. The Bertz CT molecular complexity index is 1560. The van der Waals surface area contributed by atoms with Crippen molar-refractivity contribution in [1.82, 2.24) is 5.43 Å². The van der Waals surface area contributed by atoms with Crippen molar-refractivity contribution in [2.45, 2.75) is 13.5 Å². The first-order chi connectivity index (χ1) is 17.6. The number of fused-ring (bicyclic) bond motifs is 3. The van der Waals surface area contributed by atoms with Gasteiger partial charge in [0.15, 0.2) is 17.3 Å². The molecule has 180 valence electrons. The van der Waals surface area contributed by atoms with Gasteiger partial charge in [0.2, 0.25) is 0 Å². The number of benzene rings is 4. The molecule has 0 aliphatic rings. The van der Waals surface area contributed by atoms with E-state index in [1.165, 1.54) is 6.21 Å². The lowest BCUT2D eigenvalue weighted by Gasteiger charge is -2.14. The molecule has 1 aromatic heterocycles. The van der Waals surface area contributed by atoms with Crippen molar-refractivity contribution in [3.05, 3.63) is 107 Å². The molecule has 0 spiro atoms. The molecule has 1 N–H and O–H groups in total. The largest absolute Gasteiger partial charge is 0.490 e. The highest BCUT2D eigenvalue weighted by Crippen LogP contribution is 2.37. The van der Waals surface area contributed by atoms with E-state index in [0.29, 0.717) is 40.9 Å². The number of hydrazone groups is 1. The van der Waals surface area contributed by atoms with Crippen LogP contribution >= 0.6 is 11.6 Å². The second-order valence-electron chi connectivity index (χ2n) is 8.05. The maximum absolute atomic E-state index is 12.7. The molecule has 0 fully saturated rings. The molecule has 5 rings (SSSR count). The number of hydrogen-bond acceptors (Lipinski definition) is 5. The molecule has 1 heterocycles. The van der Waals surface area contributed by atoms with Crippen LogP contribution < -0.4 is 14.9 Å². The van der Waals surface area contributed by atoms with E-state index in [1.54, 1.807) is 18.2 Å². The Kier molecular flexibility index (Phi) is 6.87. The smallest absolute Gasteiger partial charge is 0.307 e. The van der Waals surface area contributed by atoms with Crippen LogP contribution in [0, 0.1) is 0 Å². The summed E-state index contributed by atoms with van der Waals surface area (Å²) in [7, 11) is 0. The second-order valence-corrected chi connectivity index (χ2v) is 8.45. The van der Waals surface area contributed by atoms with Gasteiger partial charge in [0.1, 0.15) is 12.2 Å². The Morgan fingerprint density at radius 3 is 2.61 bits per heavy atom. The zero-order valence-corrected chi connectivity index (χ0v) is 20.3. The Balaban J connectivity index is 1.31. The Hall–Kier alpha value is -4.29. The maximum Gasteiger partial charge on any atom is 0.307 e. The molecule has 0 radical (unpaired) electrons. The number of halogens is 1. The molecule has 0 aliphatic carbocycles. The maximum atomic E-state index is 12.7. The van der Waals surface area contributed by atoms with E-state index in [0.717, 1.165) is 21.7 Å². The van der Waals surface area contributed by atoms with Gasteiger partial charge >= 0.3 is 5.91 Å². The van der Waals surface area contributed by atoms with Crippen molar-refractivity contribution in [2.75, 3.05) is 6.61 Å². The number of rotatable bonds is 8. The van der Waals surface area contributed by atoms with Crippen LogP contribution in [0.5, 0.6) is 11.5 Å². The zero-order chi connectivity index (χ0) is 24.9. The van der Waals surface area contributed by atoms with Crippen molar-refractivity contribution in [2.24, 2.45) is 5.10 Å². The standard InChI is InChI=1S/C29H23ClN2O4/c1-2-34-26-15-20(14-24(30)28(26)35-18-19-8-4-3-5-9-19)17-31-32-29(33)27-16-23-22-11-7-6-10-21(22)12-13-25(23)36-27/h3-17H,2,18H2,1H3,(H,32,33). The van der Waals surface area contributed by atoms with Gasteiger partial charge in [-0.3, -0.25) is 4.79 Å². The van der Waals surface area contributed by atoms with Crippen molar-refractivity contribution in [3.63, 3.8) is 0 Å². The number of nitrogens with zero attached hydrogens (tertiary/aromatic N) is 1. The quantitative estimate of drug-likeness (QED) is 0.185. The molecular formula is C29H23ClN2O4. The normalized spacial score (nSPS) is 11.3. The van der Waals surface area contributed by atoms with Crippen molar-refractivity contribution >= 4 is 45.5 Å². The predicted octanol–water partition coefficient (Wildman–Crippen LogP) is 6.98. The number of carbonyl (C=O) groups is 1. The van der Waals surface area contributed by atoms with Crippen LogP contribution in [0.3, 0.4) is 0 Å². The summed E-state index contributed by atoms with van der Waals surface area (Å²) in [5.74, 6) is 0.678. The zero-order valence-electron chi connectivity index (χ0n) is 19.5. The summed E-state index contributed by atoms with van der Waals surface area (Å²) in [6.07, 6.45) is 1.49. The highest BCUT2D eigenvalue weighted by molar-refractivity contribution is 6.32. The second kappa shape index (κ2) is 10.5. The van der Waals surface area contributed by atoms with Crippen molar-refractivity contribution < 1.29 is 18.7 Å². The van der Waals surface area contributed by atoms with Crippen molar-refractivity contribution in [3.8, 4) is 11.5 Å². The summed E-state index contributed by atoms with van der Waals surface area (Å²) in [6.45, 7) is 2.68. The van der Waals surface area contributed by atoms with Gasteiger partial charge in [0, 0.05) is 5.39 Å². The fraction of sp³-hybridized carbons (Fsp3) is 0.103. The molecule has 1 amide bonds. The van der Waals surface area contributed by atoms with E-state index in [-0.39, 0.29) is 5.76 Å². The lowest BCUT2D eigenvalue weighted by Crippen LogP contribution is -2.16. The number of ether oxygens (including phenoxy) is 2. The third-order valence-corrected chi connectivity index (χ3v) is 5.87. The minimum atomic E-state index is -0.453. The fourth-order valence-corrected chi connectivity index (χ4v) is 4.19. The van der Waals surface area contributed by atoms with Crippen LogP contribution in [0.4, 0.5) is 0 Å². The van der Waals surface area contributed by atoms with Gasteiger partial charge in [-0.2, -0.15) is 5.10 Å². The van der Waals surface area contributed by atoms with Crippen LogP contribution in [-0.4, -0.2) is 18.7 Å². The van der Waals surface area contributed by atoms with Gasteiger partial charge in [-0.15, -0.1) is 0 Å². The van der Waals surface area contributed by atoms with E-state index < -0.39 is 5.91 Å². The van der Waals surface area contributed by atoms with Gasteiger partial charge in [-0.1, -0.05) is 72.3 Å². The highest BCUT2D eigenvalue weighted by Gasteiger charge is 2.15. The van der Waals surface area contributed by atoms with E-state index in [1.807, 2.05) is 73.7 Å². The number of amides is 1. The molecule has 0 bridgehead atoms. The summed E-state index contributed by atoms with van der Waals surface area (Å²) in [5, 5.41) is 7.44. The third-order valence-electron chi connectivity index (χ3n) is 5.59. The summed E-state index contributed by atoms with van der Waals surface area (Å²) < 4.78 is 17.4. The average Bonchev–Trinajstić information content (AvgIpc) is 3.34. The van der Waals surface area contributed by atoms with Gasteiger partial charge in [0.05, 0.1) is 17.8 Å². The van der Waals surface area contributed by atoms with E-state index in [9.17, 15) is 4.79 Å². The molecular weight excluding hydrogens is 476 g/mol. The first kappa shape index (κ1) is 23.5. The van der Waals surface area contributed by atoms with Crippen LogP contribution in [0.2, 0.25) is 5.02 Å². The fourth-order valence-electron chi connectivity index (χ4n) is 3.92. The molecule has 5 aromatic rings. The number of furan rings is 1. The average molecular weight is 499 g/mol. The summed E-state index contributed by atoms with van der Waals surface area (Å²) in [5.41, 5.74) is 4.81. The first-order valence-corrected chi connectivity index (χ1v) is 11.9. The molecule has 4 aromatic carbocycles. The minimum Gasteiger partial charge on any atom is -0.490 e. The minimum absolute atomic E-state index is 0.177. The molecule has 0 atom stereocenters. The van der Waals surface area contributed by atoms with Crippen molar-refractivity contribution in [1.29, 1.82) is 0 Å². The first-order valence-electron chi connectivity index (χ1n) is 11.5. The summed E-state index contributed by atoms with van der Waals surface area (Å²) in [6, 6.07) is 26.8. The molecule has 6 nitrogen and oxygen atoms in total. The van der Waals surface area contributed by atoms with E-state index in [4.69, 9.17) is 25.5 Å². The van der Waals surface area contributed by atoms with E-state index in [2.05, 4.69) is 10.5 Å². The number of carbonyl (C=O) groups excluding carboxylic acids is 1. The molecule has 0 saturated heterocycles. The SMILES string of the molecule is CCOc1cc(C=NNC(=O)c2cc3c(ccc4ccccc43)o2)cc(Cl)c1OCc1ccccc1. The Morgan fingerprint density at radius 1 is 0.972 bits per heavy atom. The monoisotopic (exact) mass is 498 g/mol. The molecule has 0 aliphatic heterocycles. The molecule has 0 saturated carbocycles. The lowest BCUT2D eigenvalue weighted by atomic mass is 10.1. The Morgan fingerprint density at radius 2 is 1.78 bits per heavy atom. The van der Waals surface area contributed by atoms with Crippen LogP contribution in [0.15, 0.2) is 94.4 Å². The third kappa shape index (κ3) is 5.04. The molecule has 0 unspecified atom stereocenters. The lowest BCUT2D eigenvalue weighted by molar-refractivity contribution is 0.0929. The Labute approximate surface area is 213 Å². The van der Waals surface area contributed by atoms with Gasteiger partial charge < -0.3 is 13.9 Å². The number of hydrogen-bond donors (Lipinski definition) is 1.